The van der Waals surface area contributed by atoms with Crippen LogP contribution in [0.25, 0.3) is 0 Å². The largest absolute Gasteiger partial charge is 0.378 e. The first-order valence-corrected chi connectivity index (χ1v) is 9.19. The van der Waals surface area contributed by atoms with Gasteiger partial charge in [0.15, 0.2) is 0 Å². The van der Waals surface area contributed by atoms with Crippen LogP contribution in [0.1, 0.15) is 16.2 Å². The zero-order chi connectivity index (χ0) is 18.6. The van der Waals surface area contributed by atoms with Gasteiger partial charge in [-0.3, -0.25) is 9.78 Å². The fraction of sp³-hybridized carbons (Fsp3) is 0.500. The second-order valence-electron chi connectivity index (χ2n) is 6.64. The molecule has 0 aliphatic carbocycles. The van der Waals surface area contributed by atoms with E-state index in [2.05, 4.69) is 24.8 Å². The molecular formula is C18H23N7O2. The van der Waals surface area contributed by atoms with Crippen LogP contribution in [-0.2, 0) is 4.74 Å². The van der Waals surface area contributed by atoms with Gasteiger partial charge in [0.25, 0.3) is 5.91 Å². The molecule has 0 radical (unpaired) electrons. The second kappa shape index (κ2) is 7.83. The minimum Gasteiger partial charge on any atom is -0.378 e. The molecular weight excluding hydrogens is 346 g/mol. The number of rotatable bonds is 3. The second-order valence-corrected chi connectivity index (χ2v) is 6.64. The lowest BCUT2D eigenvalue weighted by Crippen LogP contribution is -2.49. The van der Waals surface area contributed by atoms with E-state index in [0.717, 1.165) is 43.6 Å². The van der Waals surface area contributed by atoms with Gasteiger partial charge in [-0.05, 0) is 13.0 Å². The van der Waals surface area contributed by atoms with Crippen molar-refractivity contribution in [3.63, 3.8) is 0 Å². The van der Waals surface area contributed by atoms with E-state index in [1.807, 2.05) is 17.9 Å². The van der Waals surface area contributed by atoms with Crippen molar-refractivity contribution in [1.29, 1.82) is 0 Å². The number of piperazine rings is 1. The number of hydrogen-bond acceptors (Lipinski definition) is 8. The summed E-state index contributed by atoms with van der Waals surface area (Å²) in [5, 5.41) is 0. The van der Waals surface area contributed by atoms with E-state index in [9.17, 15) is 4.79 Å². The van der Waals surface area contributed by atoms with Gasteiger partial charge in [0.2, 0.25) is 5.95 Å². The SMILES string of the molecule is Cc1cnc(C(=O)N2CCN(c3ccnc(N4CCOCC4)n3)CC2)cn1. The predicted molar refractivity (Wildman–Crippen MR) is 99.9 cm³/mol. The highest BCUT2D eigenvalue weighted by Gasteiger charge is 2.24. The smallest absolute Gasteiger partial charge is 0.274 e. The molecule has 0 N–H and O–H groups in total. The van der Waals surface area contributed by atoms with Crippen molar-refractivity contribution in [3.8, 4) is 0 Å². The Morgan fingerprint density at radius 3 is 2.44 bits per heavy atom. The Labute approximate surface area is 158 Å². The highest BCUT2D eigenvalue weighted by Crippen LogP contribution is 2.18. The maximum absolute atomic E-state index is 12.6. The Morgan fingerprint density at radius 1 is 0.963 bits per heavy atom. The Hall–Kier alpha value is -2.81. The Kier molecular flexibility index (Phi) is 5.10. The summed E-state index contributed by atoms with van der Waals surface area (Å²) in [5.41, 5.74) is 1.20. The van der Waals surface area contributed by atoms with Crippen molar-refractivity contribution >= 4 is 17.7 Å². The minimum absolute atomic E-state index is 0.0705. The van der Waals surface area contributed by atoms with Gasteiger partial charge in [-0.15, -0.1) is 0 Å². The quantitative estimate of drug-likeness (QED) is 0.767. The number of aromatic nitrogens is 4. The zero-order valence-electron chi connectivity index (χ0n) is 15.4. The van der Waals surface area contributed by atoms with E-state index in [1.54, 1.807) is 18.6 Å². The van der Waals surface area contributed by atoms with Crippen LogP contribution in [0.5, 0.6) is 0 Å². The van der Waals surface area contributed by atoms with Crippen LogP contribution in [0.3, 0.4) is 0 Å². The lowest BCUT2D eigenvalue weighted by molar-refractivity contribution is 0.0740. The molecule has 2 saturated heterocycles. The number of ether oxygens (including phenoxy) is 1. The van der Waals surface area contributed by atoms with Crippen molar-refractivity contribution in [2.75, 3.05) is 62.3 Å². The van der Waals surface area contributed by atoms with Gasteiger partial charge in [0, 0.05) is 51.7 Å². The zero-order valence-corrected chi connectivity index (χ0v) is 15.4. The highest BCUT2D eigenvalue weighted by atomic mass is 16.5. The summed E-state index contributed by atoms with van der Waals surface area (Å²) in [6, 6.07) is 1.92. The van der Waals surface area contributed by atoms with Gasteiger partial charge in [-0.1, -0.05) is 0 Å². The van der Waals surface area contributed by atoms with Crippen molar-refractivity contribution < 1.29 is 9.53 Å². The van der Waals surface area contributed by atoms with Crippen LogP contribution in [0, 0.1) is 6.92 Å². The number of anilines is 2. The summed E-state index contributed by atoms with van der Waals surface area (Å²) >= 11 is 0. The van der Waals surface area contributed by atoms with Crippen molar-refractivity contribution in [2.45, 2.75) is 6.92 Å². The molecule has 142 valence electrons. The van der Waals surface area contributed by atoms with E-state index in [0.29, 0.717) is 32.0 Å². The molecule has 2 fully saturated rings. The van der Waals surface area contributed by atoms with Crippen LogP contribution in [-0.4, -0.2) is 83.2 Å². The van der Waals surface area contributed by atoms with E-state index < -0.39 is 0 Å². The van der Waals surface area contributed by atoms with Crippen LogP contribution < -0.4 is 9.80 Å². The number of carbonyl (C=O) groups is 1. The van der Waals surface area contributed by atoms with Crippen LogP contribution in [0.2, 0.25) is 0 Å². The molecule has 2 aliphatic heterocycles. The fourth-order valence-electron chi connectivity index (χ4n) is 3.23. The standard InChI is InChI=1S/C18H23N7O2/c1-14-12-21-15(13-20-14)17(26)24-6-4-23(5-7-24)16-2-3-19-18(22-16)25-8-10-27-11-9-25/h2-3,12-13H,4-11H2,1H3. The predicted octanol–water partition coefficient (Wildman–Crippen LogP) is 0.374. The normalized spacial score (nSPS) is 17.9. The highest BCUT2D eigenvalue weighted by molar-refractivity contribution is 5.92. The van der Waals surface area contributed by atoms with E-state index in [-0.39, 0.29) is 5.91 Å². The lowest BCUT2D eigenvalue weighted by atomic mass is 10.2. The van der Waals surface area contributed by atoms with Crippen molar-refractivity contribution in [2.24, 2.45) is 0 Å². The van der Waals surface area contributed by atoms with E-state index in [4.69, 9.17) is 9.72 Å². The summed E-state index contributed by atoms with van der Waals surface area (Å²) in [7, 11) is 0. The third-order valence-electron chi connectivity index (χ3n) is 4.81. The monoisotopic (exact) mass is 369 g/mol. The third kappa shape index (κ3) is 3.97. The van der Waals surface area contributed by atoms with Gasteiger partial charge in [0.1, 0.15) is 11.5 Å². The average molecular weight is 369 g/mol. The molecule has 1 amide bonds. The van der Waals surface area contributed by atoms with Crippen LogP contribution in [0.15, 0.2) is 24.7 Å². The van der Waals surface area contributed by atoms with Crippen LogP contribution in [0.4, 0.5) is 11.8 Å². The Balaban J connectivity index is 1.39. The molecule has 4 heterocycles. The summed E-state index contributed by atoms with van der Waals surface area (Å²) in [4.78, 5) is 36.2. The maximum atomic E-state index is 12.6. The van der Waals surface area contributed by atoms with Gasteiger partial charge >= 0.3 is 0 Å². The molecule has 9 heteroatoms. The summed E-state index contributed by atoms with van der Waals surface area (Å²) in [5.74, 6) is 1.57. The van der Waals surface area contributed by atoms with Gasteiger partial charge in [-0.2, -0.15) is 4.98 Å². The van der Waals surface area contributed by atoms with E-state index >= 15 is 0 Å². The van der Waals surface area contributed by atoms with Crippen molar-refractivity contribution in [1.82, 2.24) is 24.8 Å². The molecule has 0 saturated carbocycles. The summed E-state index contributed by atoms with van der Waals surface area (Å²) in [6.45, 7) is 7.60. The molecule has 0 atom stereocenters. The Morgan fingerprint density at radius 2 is 1.74 bits per heavy atom. The molecule has 2 aromatic heterocycles. The van der Waals surface area contributed by atoms with Gasteiger partial charge in [-0.25, -0.2) is 9.97 Å². The lowest BCUT2D eigenvalue weighted by Gasteiger charge is -2.35. The number of hydrogen-bond donors (Lipinski definition) is 0. The third-order valence-corrected chi connectivity index (χ3v) is 4.81. The first-order chi connectivity index (χ1) is 13.2. The molecule has 9 nitrogen and oxygen atoms in total. The molecule has 0 unspecified atom stereocenters. The summed E-state index contributed by atoms with van der Waals surface area (Å²) in [6.07, 6.45) is 4.97. The molecule has 0 bridgehead atoms. The topological polar surface area (TPSA) is 87.6 Å². The Bertz CT molecular complexity index is 785. The van der Waals surface area contributed by atoms with E-state index in [1.165, 1.54) is 0 Å². The number of morpholine rings is 1. The number of nitrogens with zero attached hydrogens (tertiary/aromatic N) is 7. The number of aryl methyl sites for hydroxylation is 1. The molecule has 4 rings (SSSR count). The summed E-state index contributed by atoms with van der Waals surface area (Å²) < 4.78 is 5.39. The molecule has 2 aromatic rings. The molecule has 27 heavy (non-hydrogen) atoms. The fourth-order valence-corrected chi connectivity index (χ4v) is 3.23. The van der Waals surface area contributed by atoms with Crippen molar-refractivity contribution in [3.05, 3.63) is 36.0 Å². The first-order valence-electron chi connectivity index (χ1n) is 9.19. The molecule has 2 aliphatic rings. The van der Waals surface area contributed by atoms with Crippen LogP contribution >= 0.6 is 0 Å². The average Bonchev–Trinajstić information content (AvgIpc) is 2.75. The van der Waals surface area contributed by atoms with Gasteiger partial charge < -0.3 is 19.4 Å². The minimum atomic E-state index is -0.0705. The van der Waals surface area contributed by atoms with Gasteiger partial charge in [0.05, 0.1) is 25.1 Å². The number of amides is 1. The molecule has 0 aromatic carbocycles. The molecule has 0 spiro atoms. The first kappa shape index (κ1) is 17.6. The maximum Gasteiger partial charge on any atom is 0.274 e. The number of carbonyl (C=O) groups excluding carboxylic acids is 1.